The Morgan fingerprint density at radius 3 is 1.43 bits per heavy atom. The summed E-state index contributed by atoms with van der Waals surface area (Å²) in [7, 11) is 0. The number of rotatable bonds is 16. The van der Waals surface area contributed by atoms with Crippen molar-refractivity contribution < 1.29 is 9.47 Å². The molecular formula is C19H32O2. The van der Waals surface area contributed by atoms with E-state index in [0.29, 0.717) is 13.2 Å². The summed E-state index contributed by atoms with van der Waals surface area (Å²) in [4.78, 5) is 0. The van der Waals surface area contributed by atoms with E-state index in [1.54, 1.807) is 0 Å². The Balaban J connectivity index is 3.62. The van der Waals surface area contributed by atoms with Crippen LogP contribution in [0.2, 0.25) is 0 Å². The van der Waals surface area contributed by atoms with E-state index in [0.717, 1.165) is 44.9 Å². The monoisotopic (exact) mass is 292 g/mol. The maximum absolute atomic E-state index is 5.78. The number of allylic oxidation sites excluding steroid dienone is 2. The van der Waals surface area contributed by atoms with Gasteiger partial charge in [-0.1, -0.05) is 24.3 Å². The molecule has 0 rings (SSSR count). The van der Waals surface area contributed by atoms with E-state index in [9.17, 15) is 0 Å². The number of unbranched alkanes of at least 4 members (excludes halogenated alkanes) is 2. The first-order valence-corrected chi connectivity index (χ1v) is 7.98. The van der Waals surface area contributed by atoms with Gasteiger partial charge in [0.25, 0.3) is 0 Å². The van der Waals surface area contributed by atoms with Crippen molar-refractivity contribution in [1.82, 2.24) is 0 Å². The van der Waals surface area contributed by atoms with E-state index in [2.05, 4.69) is 26.3 Å². The molecule has 0 saturated heterocycles. The maximum Gasteiger partial charge on any atom is 0.0753 e. The quantitative estimate of drug-likeness (QED) is 0.286. The highest BCUT2D eigenvalue weighted by molar-refractivity contribution is 4.82. The minimum Gasteiger partial charge on any atom is -0.374 e. The van der Waals surface area contributed by atoms with Crippen LogP contribution in [0, 0.1) is 0 Å². The zero-order valence-electron chi connectivity index (χ0n) is 13.5. The van der Waals surface area contributed by atoms with Gasteiger partial charge >= 0.3 is 0 Å². The molecule has 2 nitrogen and oxygen atoms in total. The van der Waals surface area contributed by atoms with Gasteiger partial charge in [-0.15, -0.1) is 26.3 Å². The van der Waals surface area contributed by atoms with Crippen LogP contribution in [-0.2, 0) is 9.47 Å². The van der Waals surface area contributed by atoms with Crippen molar-refractivity contribution in [3.8, 4) is 0 Å². The number of hydrogen-bond donors (Lipinski definition) is 0. The Labute approximate surface area is 131 Å². The molecule has 0 bridgehead atoms. The van der Waals surface area contributed by atoms with Gasteiger partial charge in [-0.25, -0.2) is 0 Å². The highest BCUT2D eigenvalue weighted by Crippen LogP contribution is 2.09. The van der Waals surface area contributed by atoms with Gasteiger partial charge in [-0.05, 0) is 44.9 Å². The first kappa shape index (κ1) is 19.9. The summed E-state index contributed by atoms with van der Waals surface area (Å²) >= 11 is 0. The van der Waals surface area contributed by atoms with E-state index in [1.807, 2.05) is 24.3 Å². The Bertz CT molecular complexity index is 255. The highest BCUT2D eigenvalue weighted by atomic mass is 16.5. The molecular weight excluding hydrogens is 260 g/mol. The molecule has 0 heterocycles. The molecule has 0 radical (unpaired) electrons. The predicted octanol–water partition coefficient (Wildman–Crippen LogP) is 5.23. The smallest absolute Gasteiger partial charge is 0.0753 e. The molecule has 120 valence electrons. The molecule has 21 heavy (non-hydrogen) atoms. The average molecular weight is 292 g/mol. The number of ether oxygens (including phenoxy) is 2. The van der Waals surface area contributed by atoms with Gasteiger partial charge in [0.2, 0.25) is 0 Å². The topological polar surface area (TPSA) is 18.5 Å². The summed E-state index contributed by atoms with van der Waals surface area (Å²) < 4.78 is 11.6. The fourth-order valence-corrected chi connectivity index (χ4v) is 1.99. The lowest BCUT2D eigenvalue weighted by Crippen LogP contribution is -2.14. The van der Waals surface area contributed by atoms with Crippen LogP contribution < -0.4 is 0 Å². The SMILES string of the molecule is C=CCCCC(C=C)OCCCOC(C=C)CCCC=C. The van der Waals surface area contributed by atoms with Crippen molar-refractivity contribution in [2.24, 2.45) is 0 Å². The second-order valence-electron chi connectivity index (χ2n) is 5.08. The van der Waals surface area contributed by atoms with Crippen LogP contribution in [-0.4, -0.2) is 25.4 Å². The molecule has 0 fully saturated rings. The lowest BCUT2D eigenvalue weighted by molar-refractivity contribution is 0.0339. The van der Waals surface area contributed by atoms with Gasteiger partial charge in [0, 0.05) is 13.2 Å². The van der Waals surface area contributed by atoms with E-state index in [4.69, 9.17) is 9.47 Å². The third-order valence-electron chi connectivity index (χ3n) is 3.27. The van der Waals surface area contributed by atoms with Crippen molar-refractivity contribution in [3.63, 3.8) is 0 Å². The van der Waals surface area contributed by atoms with E-state index in [-0.39, 0.29) is 12.2 Å². The van der Waals surface area contributed by atoms with Gasteiger partial charge < -0.3 is 9.47 Å². The van der Waals surface area contributed by atoms with E-state index in [1.165, 1.54) is 0 Å². The molecule has 2 atom stereocenters. The molecule has 0 spiro atoms. The largest absolute Gasteiger partial charge is 0.374 e. The van der Waals surface area contributed by atoms with Crippen LogP contribution in [0.4, 0.5) is 0 Å². The summed E-state index contributed by atoms with van der Waals surface area (Å²) in [6, 6.07) is 0. The average Bonchev–Trinajstić information content (AvgIpc) is 2.51. The standard InChI is InChI=1S/C19H32O2/c1-5-9-11-14-18(7-3)20-16-13-17-21-19(8-4)15-12-10-6-2/h5-8,18-19H,1-4,9-17H2. The van der Waals surface area contributed by atoms with Gasteiger partial charge in [-0.2, -0.15) is 0 Å². The van der Waals surface area contributed by atoms with E-state index >= 15 is 0 Å². The zero-order valence-corrected chi connectivity index (χ0v) is 13.5. The summed E-state index contributed by atoms with van der Waals surface area (Å²) in [5.74, 6) is 0. The number of hydrogen-bond acceptors (Lipinski definition) is 2. The second kappa shape index (κ2) is 15.3. The molecule has 0 N–H and O–H groups in total. The van der Waals surface area contributed by atoms with Gasteiger partial charge in [0.15, 0.2) is 0 Å². The summed E-state index contributed by atoms with van der Waals surface area (Å²) in [6.45, 7) is 16.5. The van der Waals surface area contributed by atoms with Crippen LogP contribution in [0.3, 0.4) is 0 Å². The molecule has 0 aliphatic rings. The second-order valence-corrected chi connectivity index (χ2v) is 5.08. The molecule has 2 heteroatoms. The molecule has 0 saturated carbocycles. The van der Waals surface area contributed by atoms with E-state index < -0.39 is 0 Å². The summed E-state index contributed by atoms with van der Waals surface area (Å²) in [5.41, 5.74) is 0. The molecule has 0 aliphatic heterocycles. The highest BCUT2D eigenvalue weighted by Gasteiger charge is 2.05. The fraction of sp³-hybridized carbons (Fsp3) is 0.579. The third-order valence-corrected chi connectivity index (χ3v) is 3.27. The molecule has 0 aromatic carbocycles. The van der Waals surface area contributed by atoms with Gasteiger partial charge in [0.1, 0.15) is 0 Å². The molecule has 0 amide bonds. The molecule has 2 unspecified atom stereocenters. The Morgan fingerprint density at radius 1 is 0.667 bits per heavy atom. The van der Waals surface area contributed by atoms with Crippen LogP contribution >= 0.6 is 0 Å². The first-order chi connectivity index (χ1) is 10.3. The van der Waals surface area contributed by atoms with Crippen molar-refractivity contribution in [1.29, 1.82) is 0 Å². The Hall–Kier alpha value is -1.12. The first-order valence-electron chi connectivity index (χ1n) is 7.98. The van der Waals surface area contributed by atoms with Crippen molar-refractivity contribution in [2.75, 3.05) is 13.2 Å². The van der Waals surface area contributed by atoms with Crippen LogP contribution in [0.25, 0.3) is 0 Å². The molecule has 0 aromatic heterocycles. The third kappa shape index (κ3) is 12.3. The lowest BCUT2D eigenvalue weighted by atomic mass is 10.1. The Morgan fingerprint density at radius 2 is 1.10 bits per heavy atom. The minimum absolute atomic E-state index is 0.146. The normalized spacial score (nSPS) is 13.3. The van der Waals surface area contributed by atoms with Gasteiger partial charge in [0.05, 0.1) is 12.2 Å². The van der Waals surface area contributed by atoms with Gasteiger partial charge in [-0.3, -0.25) is 0 Å². The Kier molecular flexibility index (Phi) is 14.5. The van der Waals surface area contributed by atoms with Crippen molar-refractivity contribution >= 4 is 0 Å². The van der Waals surface area contributed by atoms with Crippen LogP contribution in [0.1, 0.15) is 44.9 Å². The maximum atomic E-state index is 5.78. The zero-order chi connectivity index (χ0) is 15.8. The van der Waals surface area contributed by atoms with Crippen LogP contribution in [0.15, 0.2) is 50.6 Å². The van der Waals surface area contributed by atoms with Crippen LogP contribution in [0.5, 0.6) is 0 Å². The molecule has 0 aliphatic carbocycles. The molecule has 0 aromatic rings. The predicted molar refractivity (Wildman–Crippen MR) is 92.6 cm³/mol. The van der Waals surface area contributed by atoms with Crippen molar-refractivity contribution in [2.45, 2.75) is 57.2 Å². The van der Waals surface area contributed by atoms with Crippen molar-refractivity contribution in [3.05, 3.63) is 50.6 Å². The summed E-state index contributed by atoms with van der Waals surface area (Å²) in [6.07, 6.45) is 15.1. The minimum atomic E-state index is 0.146. The summed E-state index contributed by atoms with van der Waals surface area (Å²) in [5, 5.41) is 0. The lowest BCUT2D eigenvalue weighted by Gasteiger charge is -2.15. The fourth-order valence-electron chi connectivity index (χ4n) is 1.99.